The van der Waals surface area contributed by atoms with E-state index in [9.17, 15) is 35.9 Å². The minimum Gasteiger partial charge on any atom is -0.465 e. The molecule has 4 rings (SSSR count). The van der Waals surface area contributed by atoms with E-state index in [2.05, 4.69) is 20.4 Å². The molecule has 192 valence electrons. The Labute approximate surface area is 197 Å². The van der Waals surface area contributed by atoms with Crippen molar-refractivity contribution in [2.45, 2.75) is 25.3 Å². The summed E-state index contributed by atoms with van der Waals surface area (Å²) in [5, 5.41) is 15.2. The second kappa shape index (κ2) is 8.53. The van der Waals surface area contributed by atoms with E-state index in [1.165, 1.54) is 0 Å². The molecule has 16 heteroatoms. The maximum absolute atomic E-state index is 13.6. The topological polar surface area (TPSA) is 139 Å². The lowest BCUT2D eigenvalue weighted by atomic mass is 10.0. The SMILES string of the molecule is CC1CN(C(=O)O)CC1NC(=O)c1cc(-c2cc(C(F)(F)F)c3c(N)ncnn23)cnc1C(F)(F)F. The minimum absolute atomic E-state index is 0.0577. The Balaban J connectivity index is 1.81. The van der Waals surface area contributed by atoms with Gasteiger partial charge in [-0.05, 0) is 18.1 Å². The summed E-state index contributed by atoms with van der Waals surface area (Å²) < 4.78 is 82.5. The molecule has 3 aromatic heterocycles. The number of rotatable bonds is 3. The number of carbonyl (C=O) groups excluding carboxylic acids is 1. The van der Waals surface area contributed by atoms with E-state index >= 15 is 0 Å². The van der Waals surface area contributed by atoms with Gasteiger partial charge in [0.15, 0.2) is 11.5 Å². The highest BCUT2D eigenvalue weighted by molar-refractivity contribution is 5.97. The van der Waals surface area contributed by atoms with Crippen molar-refractivity contribution in [3.05, 3.63) is 41.5 Å². The molecule has 1 aliphatic heterocycles. The summed E-state index contributed by atoms with van der Waals surface area (Å²) in [5.41, 5.74) is 0.644. The van der Waals surface area contributed by atoms with Crippen LogP contribution in [-0.2, 0) is 12.4 Å². The quantitative estimate of drug-likeness (QED) is 0.454. The molecule has 4 N–H and O–H groups in total. The van der Waals surface area contributed by atoms with Crippen LogP contribution in [-0.4, -0.2) is 60.7 Å². The number of carbonyl (C=O) groups is 2. The van der Waals surface area contributed by atoms with Crippen molar-refractivity contribution in [2.24, 2.45) is 5.92 Å². The Morgan fingerprint density at radius 3 is 2.39 bits per heavy atom. The van der Waals surface area contributed by atoms with Crippen molar-refractivity contribution in [3.8, 4) is 11.3 Å². The van der Waals surface area contributed by atoms with Gasteiger partial charge in [0.1, 0.15) is 11.8 Å². The van der Waals surface area contributed by atoms with Crippen molar-refractivity contribution < 1.29 is 41.0 Å². The summed E-state index contributed by atoms with van der Waals surface area (Å²) >= 11 is 0. The lowest BCUT2D eigenvalue weighted by Crippen LogP contribution is -2.41. The second-order valence-corrected chi connectivity index (χ2v) is 8.21. The van der Waals surface area contributed by atoms with Gasteiger partial charge in [0, 0.05) is 24.8 Å². The van der Waals surface area contributed by atoms with Crippen LogP contribution in [0.4, 0.5) is 37.0 Å². The highest BCUT2D eigenvalue weighted by atomic mass is 19.4. The van der Waals surface area contributed by atoms with Crippen LogP contribution in [0.25, 0.3) is 16.8 Å². The lowest BCUT2D eigenvalue weighted by molar-refractivity contribution is -0.141. The van der Waals surface area contributed by atoms with E-state index in [4.69, 9.17) is 10.8 Å². The predicted octanol–water partition coefficient (Wildman–Crippen LogP) is 3.14. The van der Waals surface area contributed by atoms with Gasteiger partial charge in [0.25, 0.3) is 5.91 Å². The van der Waals surface area contributed by atoms with Crippen molar-refractivity contribution in [2.75, 3.05) is 18.8 Å². The third kappa shape index (κ3) is 4.45. The van der Waals surface area contributed by atoms with Gasteiger partial charge >= 0.3 is 18.4 Å². The van der Waals surface area contributed by atoms with Gasteiger partial charge in [-0.3, -0.25) is 9.78 Å². The van der Waals surface area contributed by atoms with E-state index in [0.717, 1.165) is 21.8 Å². The standard InChI is InChI=1S/C20H17F6N7O3/c1-8-5-32(18(35)36)6-12(8)31-17(34)10-2-9(4-28-15(10)20(24,25)26)13-3-11(19(21,22)23)14-16(27)29-7-30-33(13)14/h2-4,7-8,12H,5-6H2,1H3,(H,31,34)(H,35,36)(H2,27,29,30). The first kappa shape index (κ1) is 25.0. The zero-order valence-electron chi connectivity index (χ0n) is 18.2. The first-order chi connectivity index (χ1) is 16.7. The van der Waals surface area contributed by atoms with Crippen LogP contribution in [0.1, 0.15) is 28.5 Å². The molecular formula is C20H17F6N7O3. The molecule has 10 nitrogen and oxygen atoms in total. The Hall–Kier alpha value is -4.11. The van der Waals surface area contributed by atoms with Crippen LogP contribution in [0.2, 0.25) is 0 Å². The van der Waals surface area contributed by atoms with Gasteiger partial charge in [0.2, 0.25) is 0 Å². The molecule has 0 aliphatic carbocycles. The maximum atomic E-state index is 13.6. The predicted molar refractivity (Wildman–Crippen MR) is 111 cm³/mol. The number of anilines is 1. The summed E-state index contributed by atoms with van der Waals surface area (Å²) in [6.45, 7) is 1.52. The number of nitrogens with zero attached hydrogens (tertiary/aromatic N) is 5. The molecule has 1 fully saturated rings. The lowest BCUT2D eigenvalue weighted by Gasteiger charge is -2.18. The van der Waals surface area contributed by atoms with E-state index in [1.54, 1.807) is 6.92 Å². The number of aromatic nitrogens is 4. The number of alkyl halides is 6. The van der Waals surface area contributed by atoms with Crippen LogP contribution < -0.4 is 11.1 Å². The van der Waals surface area contributed by atoms with Gasteiger partial charge in [0.05, 0.1) is 22.9 Å². The number of nitrogens with two attached hydrogens (primary N) is 1. The van der Waals surface area contributed by atoms with Crippen molar-refractivity contribution in [1.82, 2.24) is 29.8 Å². The molecule has 4 heterocycles. The number of pyridine rings is 1. The average molecular weight is 517 g/mol. The first-order valence-electron chi connectivity index (χ1n) is 10.2. The van der Waals surface area contributed by atoms with E-state index in [-0.39, 0.29) is 24.3 Å². The van der Waals surface area contributed by atoms with Gasteiger partial charge in [-0.25, -0.2) is 14.3 Å². The molecule has 0 bridgehead atoms. The first-order valence-corrected chi connectivity index (χ1v) is 10.2. The van der Waals surface area contributed by atoms with E-state index < -0.39 is 64.5 Å². The smallest absolute Gasteiger partial charge is 0.434 e. The molecular weight excluding hydrogens is 500 g/mol. The van der Waals surface area contributed by atoms with Crippen LogP contribution in [0.3, 0.4) is 0 Å². The summed E-state index contributed by atoms with van der Waals surface area (Å²) in [6, 6.07) is 0.577. The third-order valence-corrected chi connectivity index (χ3v) is 5.78. The fraction of sp³-hybridized carbons (Fsp3) is 0.350. The van der Waals surface area contributed by atoms with Crippen molar-refractivity contribution in [1.29, 1.82) is 0 Å². The molecule has 3 aromatic rings. The molecule has 0 spiro atoms. The zero-order valence-corrected chi connectivity index (χ0v) is 18.2. The van der Waals surface area contributed by atoms with Crippen LogP contribution in [0.15, 0.2) is 24.7 Å². The van der Waals surface area contributed by atoms with Crippen LogP contribution >= 0.6 is 0 Å². The summed E-state index contributed by atoms with van der Waals surface area (Å²) in [7, 11) is 0. The maximum Gasteiger partial charge on any atom is 0.434 e. The summed E-state index contributed by atoms with van der Waals surface area (Å²) in [4.78, 5) is 32.0. The van der Waals surface area contributed by atoms with Crippen molar-refractivity contribution in [3.63, 3.8) is 0 Å². The number of amides is 2. The number of hydrogen-bond donors (Lipinski definition) is 3. The van der Waals surface area contributed by atoms with E-state index in [0.29, 0.717) is 12.3 Å². The monoisotopic (exact) mass is 517 g/mol. The van der Waals surface area contributed by atoms with Crippen LogP contribution in [0.5, 0.6) is 0 Å². The normalized spacial score (nSPS) is 18.6. The van der Waals surface area contributed by atoms with E-state index in [1.807, 2.05) is 0 Å². The molecule has 1 saturated heterocycles. The minimum atomic E-state index is -5.06. The molecule has 2 unspecified atom stereocenters. The van der Waals surface area contributed by atoms with Gasteiger partial charge in [-0.2, -0.15) is 31.4 Å². The summed E-state index contributed by atoms with van der Waals surface area (Å²) in [5.74, 6) is -2.13. The Morgan fingerprint density at radius 1 is 1.11 bits per heavy atom. The number of likely N-dealkylation sites (tertiary alicyclic amines) is 1. The largest absolute Gasteiger partial charge is 0.465 e. The molecule has 0 aromatic carbocycles. The molecule has 2 amide bonds. The number of hydrogen-bond acceptors (Lipinski definition) is 6. The Kier molecular flexibility index (Phi) is 5.92. The molecule has 1 aliphatic rings. The highest BCUT2D eigenvalue weighted by Gasteiger charge is 2.40. The number of halogens is 6. The van der Waals surface area contributed by atoms with Gasteiger partial charge in [-0.1, -0.05) is 6.92 Å². The third-order valence-electron chi connectivity index (χ3n) is 5.78. The molecule has 0 radical (unpaired) electrons. The van der Waals surface area contributed by atoms with Crippen LogP contribution in [0, 0.1) is 5.92 Å². The molecule has 2 atom stereocenters. The molecule has 36 heavy (non-hydrogen) atoms. The number of carboxylic acid groups (broad SMARTS) is 1. The highest BCUT2D eigenvalue weighted by Crippen LogP contribution is 2.39. The average Bonchev–Trinajstić information content (AvgIpc) is 3.35. The summed E-state index contributed by atoms with van der Waals surface area (Å²) in [6.07, 6.45) is -9.67. The fourth-order valence-corrected chi connectivity index (χ4v) is 4.05. The molecule has 0 saturated carbocycles. The zero-order chi connectivity index (χ0) is 26.6. The van der Waals surface area contributed by atoms with Gasteiger partial charge in [-0.15, -0.1) is 0 Å². The number of nitrogens with one attached hydrogen (secondary N) is 1. The van der Waals surface area contributed by atoms with Crippen molar-refractivity contribution >= 4 is 23.3 Å². The number of fused-ring (bicyclic) bond motifs is 1. The number of nitrogen functional groups attached to an aromatic ring is 1. The Morgan fingerprint density at radius 2 is 1.81 bits per heavy atom. The Bertz CT molecular complexity index is 1350. The second-order valence-electron chi connectivity index (χ2n) is 8.21. The fourth-order valence-electron chi connectivity index (χ4n) is 4.05. The van der Waals surface area contributed by atoms with Gasteiger partial charge < -0.3 is 21.1 Å².